The Bertz CT molecular complexity index is 1340. The number of hydrogen-bond donors (Lipinski definition) is 13. The second-order valence-corrected chi connectivity index (χ2v) is 15.4. The number of hydrogen-bond acceptors (Lipinski definition) is 22. The molecule has 3 heterocycles. The van der Waals surface area contributed by atoms with Crippen molar-refractivity contribution >= 4 is 25.7 Å². The average Bonchev–Trinajstić information content (AvgIpc) is 3.14. The highest BCUT2D eigenvalue weighted by atomic mass is 31.2. The van der Waals surface area contributed by atoms with Gasteiger partial charge in [-0.05, 0) is 20.8 Å². The molecule has 3 rings (SSSR count). The van der Waals surface area contributed by atoms with Crippen LogP contribution in [0.25, 0.3) is 0 Å². The number of phosphoric acid groups is 1. The fourth-order valence-electron chi connectivity index (χ4n) is 5.42. The zero-order valence-electron chi connectivity index (χ0n) is 31.3. The van der Waals surface area contributed by atoms with Crippen molar-refractivity contribution in [2.24, 2.45) is 0 Å². The van der Waals surface area contributed by atoms with Crippen LogP contribution in [0.1, 0.15) is 20.8 Å². The van der Waals surface area contributed by atoms with Gasteiger partial charge in [-0.1, -0.05) is 0 Å². The molecule has 26 nitrogen and oxygen atoms in total. The molecule has 1 unspecified atom stereocenters. The third kappa shape index (κ3) is 14.5. The van der Waals surface area contributed by atoms with Gasteiger partial charge in [0.05, 0.1) is 33.0 Å². The van der Waals surface area contributed by atoms with E-state index in [-0.39, 0.29) is 6.54 Å². The normalized spacial score (nSPS) is 37.1. The van der Waals surface area contributed by atoms with E-state index in [4.69, 9.17) is 42.2 Å². The second-order valence-electron chi connectivity index (χ2n) is 14.0. The van der Waals surface area contributed by atoms with E-state index in [1.165, 1.54) is 0 Å². The number of aliphatic hydroxyl groups excluding tert-OH is 9. The topological polar surface area (TPSA) is 390 Å². The van der Waals surface area contributed by atoms with Crippen LogP contribution in [0.3, 0.4) is 0 Å². The first-order valence-corrected chi connectivity index (χ1v) is 19.0. The van der Waals surface area contributed by atoms with Crippen molar-refractivity contribution < 1.29 is 112 Å². The highest BCUT2D eigenvalue weighted by molar-refractivity contribution is 7.47. The molecule has 3 saturated heterocycles. The van der Waals surface area contributed by atoms with E-state index in [1.54, 1.807) is 20.8 Å². The zero-order valence-corrected chi connectivity index (χ0v) is 32.2. The Morgan fingerprint density at radius 1 is 0.667 bits per heavy atom. The smallest absolute Gasteiger partial charge is 0.444 e. The Morgan fingerprint density at radius 3 is 1.79 bits per heavy atom. The predicted octanol–water partition coefficient (Wildman–Crippen LogP) is -7.02. The zero-order chi connectivity index (χ0) is 42.8. The lowest BCUT2D eigenvalue weighted by Crippen LogP contribution is -2.65. The first kappa shape index (κ1) is 49.1. The largest absolute Gasteiger partial charge is 0.472 e. The highest BCUT2D eigenvalue weighted by Crippen LogP contribution is 2.43. The molecule has 0 bridgehead atoms. The number of amides is 3. The third-order valence-corrected chi connectivity index (χ3v) is 9.41. The van der Waals surface area contributed by atoms with E-state index in [9.17, 15) is 69.8 Å². The molecule has 3 aliphatic rings. The average molecular weight is 856 g/mol. The van der Waals surface area contributed by atoms with E-state index in [1.807, 2.05) is 0 Å². The Hall–Kier alpha value is -2.28. The van der Waals surface area contributed by atoms with Crippen molar-refractivity contribution in [2.45, 2.75) is 118 Å². The van der Waals surface area contributed by atoms with Gasteiger partial charge in [0, 0.05) is 13.7 Å². The number of alkyl carbamates (subject to hydrolysis) is 1. The van der Waals surface area contributed by atoms with Gasteiger partial charge in [0.1, 0.15) is 85.4 Å². The predicted molar refractivity (Wildman–Crippen MR) is 181 cm³/mol. The van der Waals surface area contributed by atoms with Crippen molar-refractivity contribution in [2.75, 3.05) is 53.2 Å². The molecular weight excluding hydrogens is 801 g/mol. The molecule has 57 heavy (non-hydrogen) atoms. The van der Waals surface area contributed by atoms with Crippen molar-refractivity contribution in [1.29, 1.82) is 0 Å². The molecule has 0 aromatic carbocycles. The standard InChI is InChI=1S/C30H54N3O23P/c1-30(2,3)56-29(45)33-8-16(36)32-7-15(35)31-5-6-50-57(46,47)51-11-14-19(39)21(41)24(44)27(54-14)55-25-22(42)17(37)12(9-34)52-28(25)49-10-13-18(38)20(40)23(43)26(48-4)53-13/h12-14,17-28,34,37-44H,5-11H2,1-4H3,(H,31,35)(H,32,36)(H,33,45)(H,46,47)/t12-,13-,14-,17-,18-,19-,20+,21+,22+,23+,24+,25+,26+,27-,28+/m1/s1. The molecular formula is C30H54N3O23P. The van der Waals surface area contributed by atoms with Gasteiger partial charge in [-0.2, -0.15) is 0 Å². The minimum Gasteiger partial charge on any atom is -0.444 e. The lowest BCUT2D eigenvalue weighted by molar-refractivity contribution is -0.372. The number of rotatable bonds is 18. The van der Waals surface area contributed by atoms with Crippen LogP contribution in [0.15, 0.2) is 0 Å². The van der Waals surface area contributed by atoms with E-state index in [0.717, 1.165) is 7.11 Å². The van der Waals surface area contributed by atoms with Gasteiger partial charge < -0.3 is 100.0 Å². The van der Waals surface area contributed by atoms with Gasteiger partial charge in [-0.25, -0.2) is 9.36 Å². The summed E-state index contributed by atoms with van der Waals surface area (Å²) in [5.41, 5.74) is -0.785. The lowest BCUT2D eigenvalue weighted by atomic mass is 9.97. The van der Waals surface area contributed by atoms with Gasteiger partial charge in [0.25, 0.3) is 0 Å². The molecule has 0 radical (unpaired) electrons. The van der Waals surface area contributed by atoms with Crippen LogP contribution in [0.4, 0.5) is 4.79 Å². The maximum Gasteiger partial charge on any atom is 0.472 e. The summed E-state index contributed by atoms with van der Waals surface area (Å²) >= 11 is 0. The fraction of sp³-hybridized carbons (Fsp3) is 0.900. The van der Waals surface area contributed by atoms with Crippen LogP contribution in [0.5, 0.6) is 0 Å². The van der Waals surface area contributed by atoms with Gasteiger partial charge in [-0.3, -0.25) is 18.6 Å². The fourth-order valence-corrected chi connectivity index (χ4v) is 6.15. The summed E-state index contributed by atoms with van der Waals surface area (Å²) in [4.78, 5) is 45.6. The maximum atomic E-state index is 12.5. The third-order valence-electron chi connectivity index (χ3n) is 8.43. The van der Waals surface area contributed by atoms with E-state index in [2.05, 4.69) is 16.0 Å². The number of phosphoric ester groups is 1. The molecule has 0 aromatic heterocycles. The summed E-state index contributed by atoms with van der Waals surface area (Å²) in [6.07, 6.45) is -27.3. The number of carbonyl (C=O) groups is 3. The molecule has 332 valence electrons. The number of carbonyl (C=O) groups excluding carboxylic acids is 3. The molecule has 3 aliphatic heterocycles. The summed E-state index contributed by atoms with van der Waals surface area (Å²) in [6.45, 7) is 0.511. The summed E-state index contributed by atoms with van der Waals surface area (Å²) < 4.78 is 59.7. The molecule has 0 aromatic rings. The Labute approximate surface area is 325 Å². The Balaban J connectivity index is 1.52. The Morgan fingerprint density at radius 2 is 1.19 bits per heavy atom. The van der Waals surface area contributed by atoms with Crippen LogP contribution < -0.4 is 16.0 Å². The van der Waals surface area contributed by atoms with E-state index >= 15 is 0 Å². The van der Waals surface area contributed by atoms with Crippen LogP contribution in [-0.4, -0.2) is 220 Å². The summed E-state index contributed by atoms with van der Waals surface area (Å²) in [5.74, 6) is -1.44. The SMILES string of the molecule is CO[C@H]1O[C@H](CO[C@H]2O[C@H](CO)[C@@H](O)[C@H](O)[C@@H]2O[C@H]2O[C@H](COP(=O)(O)OCCNC(=O)CNC(=O)CNC(=O)OC(C)(C)C)[C@@H](O)[C@H](O)[C@@H]2O)[C@@H](O)[C@H](O)[C@@H]1O. The summed E-state index contributed by atoms with van der Waals surface area (Å²) in [6, 6.07) is 0. The van der Waals surface area contributed by atoms with Crippen LogP contribution in [0.2, 0.25) is 0 Å². The number of ether oxygens (including phenoxy) is 7. The summed E-state index contributed by atoms with van der Waals surface area (Å²) in [7, 11) is -3.78. The second kappa shape index (κ2) is 21.8. The van der Waals surface area contributed by atoms with Gasteiger partial charge >= 0.3 is 13.9 Å². The molecule has 13 N–H and O–H groups in total. The van der Waals surface area contributed by atoms with Crippen molar-refractivity contribution in [3.8, 4) is 0 Å². The molecule has 0 spiro atoms. The summed E-state index contributed by atoms with van der Waals surface area (Å²) in [5, 5.41) is 100. The minimum atomic E-state index is -4.94. The molecule has 0 saturated carbocycles. The van der Waals surface area contributed by atoms with Crippen LogP contribution in [-0.2, 0) is 56.4 Å². The molecule has 3 fully saturated rings. The minimum absolute atomic E-state index is 0.346. The van der Waals surface area contributed by atoms with Crippen molar-refractivity contribution in [3.05, 3.63) is 0 Å². The van der Waals surface area contributed by atoms with Crippen LogP contribution in [0, 0.1) is 0 Å². The quantitative estimate of drug-likeness (QED) is 0.0450. The molecule has 16 atom stereocenters. The Kier molecular flexibility index (Phi) is 18.8. The van der Waals surface area contributed by atoms with E-state index in [0.29, 0.717) is 0 Å². The first-order valence-electron chi connectivity index (χ1n) is 17.5. The maximum absolute atomic E-state index is 12.5. The molecule has 27 heteroatoms. The lowest BCUT2D eigenvalue weighted by Gasteiger charge is -2.46. The monoisotopic (exact) mass is 855 g/mol. The number of nitrogens with one attached hydrogen (secondary N) is 3. The number of aliphatic hydroxyl groups is 9. The van der Waals surface area contributed by atoms with Gasteiger partial charge in [-0.15, -0.1) is 0 Å². The van der Waals surface area contributed by atoms with Crippen molar-refractivity contribution in [3.63, 3.8) is 0 Å². The van der Waals surface area contributed by atoms with Crippen molar-refractivity contribution in [1.82, 2.24) is 16.0 Å². The van der Waals surface area contributed by atoms with Gasteiger partial charge in [0.15, 0.2) is 18.9 Å². The first-order chi connectivity index (χ1) is 26.6. The molecule has 3 amide bonds. The van der Waals surface area contributed by atoms with E-state index < -0.39 is 163 Å². The number of methoxy groups -OCH3 is 1. The van der Waals surface area contributed by atoms with Crippen LogP contribution >= 0.6 is 7.82 Å². The highest BCUT2D eigenvalue weighted by Gasteiger charge is 2.52. The van der Waals surface area contributed by atoms with Gasteiger partial charge in [0.2, 0.25) is 11.8 Å². The molecule has 0 aliphatic carbocycles.